The van der Waals surface area contributed by atoms with Gasteiger partial charge in [-0.2, -0.15) is 0 Å². The van der Waals surface area contributed by atoms with E-state index in [9.17, 15) is 10.1 Å². The molecule has 3 aromatic rings. The first-order valence-electron chi connectivity index (χ1n) is 8.16. The largest absolute Gasteiger partial charge is 0.488 e. The summed E-state index contributed by atoms with van der Waals surface area (Å²) in [6.45, 7) is 0.794. The molecule has 0 amide bonds. The number of anilines is 1. The van der Waals surface area contributed by atoms with Gasteiger partial charge in [0.25, 0.3) is 5.69 Å². The number of rotatable bonds is 7. The highest BCUT2D eigenvalue weighted by molar-refractivity contribution is 6.31. The molecule has 0 aliphatic carbocycles. The second kappa shape index (κ2) is 8.75. The van der Waals surface area contributed by atoms with E-state index in [1.807, 2.05) is 36.4 Å². The normalized spacial score (nSPS) is 10.4. The smallest absolute Gasteiger partial charge is 0.269 e. The van der Waals surface area contributed by atoms with Crippen molar-refractivity contribution in [1.29, 1.82) is 0 Å². The van der Waals surface area contributed by atoms with Crippen molar-refractivity contribution in [3.8, 4) is 5.75 Å². The molecule has 0 spiro atoms. The van der Waals surface area contributed by atoms with Gasteiger partial charge in [0.15, 0.2) is 0 Å². The summed E-state index contributed by atoms with van der Waals surface area (Å²) >= 11 is 12.3. The minimum atomic E-state index is -0.429. The number of hydrogen-bond donors (Lipinski definition) is 1. The number of ether oxygens (including phenoxy) is 1. The second-order valence-electron chi connectivity index (χ2n) is 5.79. The lowest BCUT2D eigenvalue weighted by Gasteiger charge is -2.14. The van der Waals surface area contributed by atoms with E-state index in [4.69, 9.17) is 27.9 Å². The van der Waals surface area contributed by atoms with Crippen LogP contribution in [0.4, 0.5) is 11.4 Å². The summed E-state index contributed by atoms with van der Waals surface area (Å²) < 4.78 is 5.93. The molecule has 5 nitrogen and oxygen atoms in total. The fourth-order valence-electron chi connectivity index (χ4n) is 2.50. The highest BCUT2D eigenvalue weighted by Crippen LogP contribution is 2.26. The average Bonchev–Trinajstić information content (AvgIpc) is 2.67. The van der Waals surface area contributed by atoms with Gasteiger partial charge in [-0.1, -0.05) is 41.4 Å². The molecular weight excluding hydrogens is 387 g/mol. The molecule has 0 atom stereocenters. The lowest BCUT2D eigenvalue weighted by atomic mass is 10.2. The van der Waals surface area contributed by atoms with Crippen LogP contribution < -0.4 is 10.1 Å². The van der Waals surface area contributed by atoms with Crippen LogP contribution in [0.1, 0.15) is 11.1 Å². The second-order valence-corrected chi connectivity index (χ2v) is 6.63. The van der Waals surface area contributed by atoms with Crippen LogP contribution in [0.5, 0.6) is 5.75 Å². The summed E-state index contributed by atoms with van der Waals surface area (Å²) in [4.78, 5) is 10.3. The van der Waals surface area contributed by atoms with E-state index in [-0.39, 0.29) is 5.69 Å². The van der Waals surface area contributed by atoms with E-state index in [1.54, 1.807) is 18.2 Å². The zero-order valence-electron chi connectivity index (χ0n) is 14.2. The van der Waals surface area contributed by atoms with Crippen molar-refractivity contribution < 1.29 is 9.66 Å². The summed E-state index contributed by atoms with van der Waals surface area (Å²) in [5, 5.41) is 15.2. The van der Waals surface area contributed by atoms with Crippen LogP contribution in [0.3, 0.4) is 0 Å². The summed E-state index contributed by atoms with van der Waals surface area (Å²) in [7, 11) is 0. The van der Waals surface area contributed by atoms with Gasteiger partial charge >= 0.3 is 0 Å². The fraction of sp³-hybridized carbons (Fsp3) is 0.100. The third-order valence-electron chi connectivity index (χ3n) is 3.92. The Hall–Kier alpha value is -2.76. The van der Waals surface area contributed by atoms with E-state index in [2.05, 4.69) is 5.32 Å². The molecule has 0 fully saturated rings. The molecule has 0 aliphatic rings. The highest BCUT2D eigenvalue weighted by atomic mass is 35.5. The van der Waals surface area contributed by atoms with Gasteiger partial charge in [0.1, 0.15) is 12.4 Å². The SMILES string of the molecule is O=[N+]([O-])c1ccc(NCc2cc(Cl)ccc2OCc2ccccc2Cl)cc1. The number of nitrogens with one attached hydrogen (secondary N) is 1. The van der Waals surface area contributed by atoms with Gasteiger partial charge in [0, 0.05) is 45.5 Å². The Morgan fingerprint density at radius 3 is 2.41 bits per heavy atom. The first-order chi connectivity index (χ1) is 13.0. The molecule has 7 heteroatoms. The van der Waals surface area contributed by atoms with Crippen LogP contribution in [-0.2, 0) is 13.2 Å². The minimum Gasteiger partial charge on any atom is -0.488 e. The van der Waals surface area contributed by atoms with Crippen LogP contribution in [-0.4, -0.2) is 4.92 Å². The molecule has 0 radical (unpaired) electrons. The van der Waals surface area contributed by atoms with Crippen LogP contribution >= 0.6 is 23.2 Å². The lowest BCUT2D eigenvalue weighted by molar-refractivity contribution is -0.384. The zero-order valence-corrected chi connectivity index (χ0v) is 15.7. The third-order valence-corrected chi connectivity index (χ3v) is 4.53. The monoisotopic (exact) mass is 402 g/mol. The molecule has 0 aromatic heterocycles. The van der Waals surface area contributed by atoms with Crippen LogP contribution in [0, 0.1) is 10.1 Å². The molecular formula is C20H16Cl2N2O3. The molecule has 0 saturated heterocycles. The summed E-state index contributed by atoms with van der Waals surface area (Å²) in [6, 6.07) is 19.1. The summed E-state index contributed by atoms with van der Waals surface area (Å²) in [6.07, 6.45) is 0. The molecule has 0 heterocycles. The number of benzene rings is 3. The third kappa shape index (κ3) is 5.12. The van der Waals surface area contributed by atoms with Gasteiger partial charge in [-0.15, -0.1) is 0 Å². The predicted molar refractivity (Wildman–Crippen MR) is 108 cm³/mol. The Bertz CT molecular complexity index is 946. The predicted octanol–water partition coefficient (Wildman–Crippen LogP) is 6.09. The van der Waals surface area contributed by atoms with E-state index in [1.165, 1.54) is 12.1 Å². The minimum absolute atomic E-state index is 0.0482. The molecule has 0 saturated carbocycles. The fourth-order valence-corrected chi connectivity index (χ4v) is 2.88. The van der Waals surface area contributed by atoms with E-state index in [0.717, 1.165) is 16.8 Å². The quantitative estimate of drug-likeness (QED) is 0.383. The molecule has 1 N–H and O–H groups in total. The van der Waals surface area contributed by atoms with Crippen molar-refractivity contribution in [2.45, 2.75) is 13.2 Å². The highest BCUT2D eigenvalue weighted by Gasteiger charge is 2.08. The van der Waals surface area contributed by atoms with Crippen LogP contribution in [0.15, 0.2) is 66.7 Å². The molecule has 3 rings (SSSR count). The maximum atomic E-state index is 10.7. The number of non-ortho nitro benzene ring substituents is 1. The molecule has 0 unspecified atom stereocenters. The number of hydrogen-bond acceptors (Lipinski definition) is 4. The average molecular weight is 403 g/mol. The Kier molecular flexibility index (Phi) is 6.16. The molecule has 3 aromatic carbocycles. The van der Waals surface area contributed by atoms with Crippen molar-refractivity contribution >= 4 is 34.6 Å². The van der Waals surface area contributed by atoms with E-state index >= 15 is 0 Å². The molecule has 138 valence electrons. The van der Waals surface area contributed by atoms with Crippen molar-refractivity contribution in [3.05, 3.63) is 98.0 Å². The topological polar surface area (TPSA) is 64.4 Å². The van der Waals surface area contributed by atoms with Crippen molar-refractivity contribution in [2.75, 3.05) is 5.32 Å². The molecule has 0 aliphatic heterocycles. The number of nitro groups is 1. The van der Waals surface area contributed by atoms with Crippen molar-refractivity contribution in [2.24, 2.45) is 0 Å². The summed E-state index contributed by atoms with van der Waals surface area (Å²) in [5.41, 5.74) is 2.57. The number of nitrogens with zero attached hydrogens (tertiary/aromatic N) is 1. The van der Waals surface area contributed by atoms with Crippen molar-refractivity contribution in [1.82, 2.24) is 0 Å². The zero-order chi connectivity index (χ0) is 19.2. The van der Waals surface area contributed by atoms with Gasteiger partial charge < -0.3 is 10.1 Å². The number of nitro benzene ring substituents is 1. The first-order valence-corrected chi connectivity index (χ1v) is 8.91. The maximum Gasteiger partial charge on any atom is 0.269 e. The summed E-state index contributed by atoms with van der Waals surface area (Å²) in [5.74, 6) is 0.689. The van der Waals surface area contributed by atoms with Crippen LogP contribution in [0.2, 0.25) is 10.0 Å². The maximum absolute atomic E-state index is 10.7. The Balaban J connectivity index is 1.70. The van der Waals surface area contributed by atoms with E-state index < -0.39 is 4.92 Å². The molecule has 27 heavy (non-hydrogen) atoms. The Labute approximate surface area is 166 Å². The number of halogens is 2. The van der Waals surface area contributed by atoms with Gasteiger partial charge in [-0.05, 0) is 36.4 Å². The molecule has 0 bridgehead atoms. The van der Waals surface area contributed by atoms with Gasteiger partial charge in [-0.25, -0.2) is 0 Å². The van der Waals surface area contributed by atoms with Crippen molar-refractivity contribution in [3.63, 3.8) is 0 Å². The lowest BCUT2D eigenvalue weighted by Crippen LogP contribution is -2.04. The Morgan fingerprint density at radius 1 is 0.963 bits per heavy atom. The standard InChI is InChI=1S/C20H16Cl2N2O3/c21-16-5-10-20(27-13-14-3-1-2-4-19(14)22)15(11-16)12-23-17-6-8-18(9-7-17)24(25)26/h1-11,23H,12-13H2. The Morgan fingerprint density at radius 2 is 1.70 bits per heavy atom. The van der Waals surface area contributed by atoms with Gasteiger partial charge in [-0.3, -0.25) is 10.1 Å². The van der Waals surface area contributed by atoms with Crippen LogP contribution in [0.25, 0.3) is 0 Å². The first kappa shape index (κ1) is 19.0. The van der Waals surface area contributed by atoms with Gasteiger partial charge in [0.05, 0.1) is 4.92 Å². The van der Waals surface area contributed by atoms with Gasteiger partial charge in [0.2, 0.25) is 0 Å². The van der Waals surface area contributed by atoms with E-state index in [0.29, 0.717) is 28.9 Å².